The molecule has 3 aromatic rings. The maximum Gasteiger partial charge on any atom is 0.328 e. The Morgan fingerprint density at radius 1 is 0.973 bits per heavy atom. The number of benzene rings is 2. The van der Waals surface area contributed by atoms with E-state index >= 15 is 0 Å². The van der Waals surface area contributed by atoms with Crippen molar-refractivity contribution >= 4 is 17.8 Å². The minimum Gasteiger partial charge on any atom is -0.461 e. The van der Waals surface area contributed by atoms with Crippen molar-refractivity contribution in [2.75, 3.05) is 0 Å². The number of aromatic nitrogens is 2. The van der Waals surface area contributed by atoms with Crippen LogP contribution in [0.25, 0.3) is 0 Å². The Hall–Kier alpha value is -3.98. The van der Waals surface area contributed by atoms with E-state index in [0.717, 1.165) is 11.1 Å². The summed E-state index contributed by atoms with van der Waals surface area (Å²) in [6.07, 6.45) is 2.94. The lowest BCUT2D eigenvalue weighted by atomic mass is 9.89. The number of hydrogen-bond donors (Lipinski definition) is 3. The summed E-state index contributed by atoms with van der Waals surface area (Å²) in [5.74, 6) is -1.76. The van der Waals surface area contributed by atoms with E-state index in [1.165, 1.54) is 12.5 Å². The van der Waals surface area contributed by atoms with Crippen molar-refractivity contribution in [1.29, 1.82) is 0 Å². The van der Waals surface area contributed by atoms with Crippen LogP contribution in [0.15, 0.2) is 73.2 Å². The molecule has 9 heteroatoms. The number of imidazole rings is 1. The Labute approximate surface area is 216 Å². The largest absolute Gasteiger partial charge is 0.461 e. The van der Waals surface area contributed by atoms with E-state index in [9.17, 15) is 14.4 Å². The van der Waals surface area contributed by atoms with Gasteiger partial charge in [0.05, 0.1) is 12.7 Å². The SMILES string of the molecule is CC(C)C[C@@H](NC(=O)[C@](N)(CC(=O)OCc1ccccc1)Cc1cnc[nH]1)C(=O)OCc1ccccc1. The quantitative estimate of drug-likeness (QED) is 0.303. The summed E-state index contributed by atoms with van der Waals surface area (Å²) in [7, 11) is 0. The fourth-order valence-corrected chi connectivity index (χ4v) is 3.81. The summed E-state index contributed by atoms with van der Waals surface area (Å²) in [4.78, 5) is 46.0. The Balaban J connectivity index is 1.70. The van der Waals surface area contributed by atoms with E-state index in [4.69, 9.17) is 15.2 Å². The van der Waals surface area contributed by atoms with Gasteiger partial charge >= 0.3 is 11.9 Å². The lowest BCUT2D eigenvalue weighted by Crippen LogP contribution is -2.60. The molecule has 0 bridgehead atoms. The number of hydrogen-bond acceptors (Lipinski definition) is 7. The normalized spacial score (nSPS) is 13.4. The topological polar surface area (TPSA) is 136 Å². The molecule has 3 rings (SSSR count). The molecule has 1 heterocycles. The van der Waals surface area contributed by atoms with Crippen molar-refractivity contribution in [1.82, 2.24) is 15.3 Å². The van der Waals surface area contributed by atoms with Crippen LogP contribution in [0.4, 0.5) is 0 Å². The molecular formula is C28H34N4O5. The first-order chi connectivity index (χ1) is 17.7. The van der Waals surface area contributed by atoms with Crippen molar-refractivity contribution in [2.24, 2.45) is 11.7 Å². The van der Waals surface area contributed by atoms with Crippen LogP contribution < -0.4 is 11.1 Å². The average molecular weight is 507 g/mol. The number of carbonyl (C=O) groups excluding carboxylic acids is 3. The molecule has 0 saturated carbocycles. The first-order valence-electron chi connectivity index (χ1n) is 12.2. The van der Waals surface area contributed by atoms with Gasteiger partial charge in [-0.15, -0.1) is 0 Å². The maximum atomic E-state index is 13.5. The van der Waals surface area contributed by atoms with E-state index in [-0.39, 0.29) is 25.6 Å². The molecule has 0 radical (unpaired) electrons. The molecule has 196 valence electrons. The van der Waals surface area contributed by atoms with Crippen molar-refractivity contribution in [3.8, 4) is 0 Å². The van der Waals surface area contributed by atoms with Crippen LogP contribution in [0.1, 0.15) is 43.5 Å². The molecule has 9 nitrogen and oxygen atoms in total. The zero-order valence-corrected chi connectivity index (χ0v) is 21.2. The third-order valence-corrected chi connectivity index (χ3v) is 5.74. The number of nitrogens with zero attached hydrogens (tertiary/aromatic N) is 1. The van der Waals surface area contributed by atoms with Crippen LogP contribution in [-0.4, -0.2) is 39.4 Å². The van der Waals surface area contributed by atoms with Crippen molar-refractivity contribution in [3.63, 3.8) is 0 Å². The van der Waals surface area contributed by atoms with Crippen LogP contribution in [0, 0.1) is 5.92 Å². The van der Waals surface area contributed by atoms with Gasteiger partial charge < -0.3 is 25.5 Å². The second-order valence-corrected chi connectivity index (χ2v) is 9.48. The standard InChI is InChI=1S/C28H34N4O5/c1-20(2)13-24(26(34)37-18-22-11-7-4-8-12-22)32-27(35)28(29,14-23-16-30-19-31-23)15-25(33)36-17-21-9-5-3-6-10-21/h3-12,16,19-20,24H,13-15,17-18,29H2,1-2H3,(H,30,31)(H,32,35)/t24-,28-/m1/s1. The number of rotatable bonds is 13. The molecule has 0 aliphatic heterocycles. The Morgan fingerprint density at radius 2 is 1.57 bits per heavy atom. The highest BCUT2D eigenvalue weighted by Gasteiger charge is 2.40. The minimum absolute atomic E-state index is 0.00721. The number of amides is 1. The van der Waals surface area contributed by atoms with Crippen LogP contribution in [-0.2, 0) is 43.5 Å². The first kappa shape index (κ1) is 27.6. The van der Waals surface area contributed by atoms with Crippen LogP contribution in [0.3, 0.4) is 0 Å². The highest BCUT2D eigenvalue weighted by Crippen LogP contribution is 2.18. The molecule has 0 spiro atoms. The van der Waals surface area contributed by atoms with Gasteiger partial charge in [-0.3, -0.25) is 9.59 Å². The lowest BCUT2D eigenvalue weighted by Gasteiger charge is -2.29. The number of nitrogens with two attached hydrogens (primary N) is 1. The molecule has 0 fully saturated rings. The fourth-order valence-electron chi connectivity index (χ4n) is 3.81. The Morgan fingerprint density at radius 3 is 2.11 bits per heavy atom. The van der Waals surface area contributed by atoms with Gasteiger partial charge in [0.1, 0.15) is 24.8 Å². The van der Waals surface area contributed by atoms with Gasteiger partial charge in [-0.1, -0.05) is 74.5 Å². The molecule has 0 saturated heterocycles. The summed E-state index contributed by atoms with van der Waals surface area (Å²) < 4.78 is 10.9. The van der Waals surface area contributed by atoms with E-state index < -0.39 is 35.8 Å². The Bertz CT molecular complexity index is 1140. The Kier molecular flexibility index (Phi) is 9.97. The summed E-state index contributed by atoms with van der Waals surface area (Å²) in [6.45, 7) is 4.01. The molecule has 0 aliphatic rings. The maximum absolute atomic E-state index is 13.5. The van der Waals surface area contributed by atoms with E-state index in [1.54, 1.807) is 0 Å². The van der Waals surface area contributed by atoms with Crippen molar-refractivity contribution < 1.29 is 23.9 Å². The summed E-state index contributed by atoms with van der Waals surface area (Å²) >= 11 is 0. The second kappa shape index (κ2) is 13.4. The summed E-state index contributed by atoms with van der Waals surface area (Å²) in [5.41, 5.74) is 7.07. The number of esters is 2. The highest BCUT2D eigenvalue weighted by atomic mass is 16.5. The predicted octanol–water partition coefficient (Wildman–Crippen LogP) is 3.06. The molecule has 2 atom stereocenters. The molecule has 0 unspecified atom stereocenters. The average Bonchev–Trinajstić information content (AvgIpc) is 3.39. The number of carbonyl (C=O) groups is 3. The first-order valence-corrected chi connectivity index (χ1v) is 12.2. The molecule has 4 N–H and O–H groups in total. The van der Waals surface area contributed by atoms with Gasteiger partial charge in [-0.25, -0.2) is 9.78 Å². The monoisotopic (exact) mass is 506 g/mol. The van der Waals surface area contributed by atoms with E-state index in [1.807, 2.05) is 74.5 Å². The van der Waals surface area contributed by atoms with Crippen LogP contribution in [0.2, 0.25) is 0 Å². The van der Waals surface area contributed by atoms with Crippen LogP contribution in [0.5, 0.6) is 0 Å². The third-order valence-electron chi connectivity index (χ3n) is 5.74. The van der Waals surface area contributed by atoms with Gasteiger partial charge in [-0.05, 0) is 23.5 Å². The molecular weight excluding hydrogens is 472 g/mol. The van der Waals surface area contributed by atoms with Crippen molar-refractivity contribution in [2.45, 2.75) is 57.9 Å². The molecule has 2 aromatic carbocycles. The van der Waals surface area contributed by atoms with Gasteiger partial charge in [-0.2, -0.15) is 0 Å². The molecule has 0 aliphatic carbocycles. The minimum atomic E-state index is -1.69. The van der Waals surface area contributed by atoms with Gasteiger partial charge in [0.15, 0.2) is 0 Å². The number of H-pyrrole nitrogens is 1. The molecule has 37 heavy (non-hydrogen) atoms. The zero-order chi connectivity index (χ0) is 26.7. The summed E-state index contributed by atoms with van der Waals surface area (Å²) in [6, 6.07) is 17.6. The van der Waals surface area contributed by atoms with Gasteiger partial charge in [0.25, 0.3) is 0 Å². The second-order valence-electron chi connectivity index (χ2n) is 9.48. The van der Waals surface area contributed by atoms with E-state index in [2.05, 4.69) is 15.3 Å². The number of aromatic amines is 1. The predicted molar refractivity (Wildman–Crippen MR) is 138 cm³/mol. The zero-order valence-electron chi connectivity index (χ0n) is 21.2. The van der Waals surface area contributed by atoms with Gasteiger partial charge in [0, 0.05) is 18.3 Å². The smallest absolute Gasteiger partial charge is 0.328 e. The molecule has 1 amide bonds. The third kappa shape index (κ3) is 8.88. The molecule has 1 aromatic heterocycles. The van der Waals surface area contributed by atoms with Crippen molar-refractivity contribution in [3.05, 3.63) is 90.0 Å². The summed E-state index contributed by atoms with van der Waals surface area (Å²) in [5, 5.41) is 2.74. The number of ether oxygens (including phenoxy) is 2. The van der Waals surface area contributed by atoms with Crippen LogP contribution >= 0.6 is 0 Å². The lowest BCUT2D eigenvalue weighted by molar-refractivity contribution is -0.151. The van der Waals surface area contributed by atoms with E-state index in [0.29, 0.717) is 12.1 Å². The fraction of sp³-hybridized carbons (Fsp3) is 0.357. The highest BCUT2D eigenvalue weighted by molar-refractivity contribution is 5.93. The van der Waals surface area contributed by atoms with Gasteiger partial charge in [0.2, 0.25) is 5.91 Å². The number of nitrogens with one attached hydrogen (secondary N) is 2.